The van der Waals surface area contributed by atoms with Gasteiger partial charge in [0, 0.05) is 18.6 Å². The molecule has 1 aliphatic rings. The van der Waals surface area contributed by atoms with Crippen molar-refractivity contribution in [1.29, 1.82) is 0 Å². The molecule has 118 valence electrons. The molecule has 0 heterocycles. The summed E-state index contributed by atoms with van der Waals surface area (Å²) in [5, 5.41) is 3.63. The van der Waals surface area contributed by atoms with Crippen molar-refractivity contribution in [1.82, 2.24) is 10.2 Å². The van der Waals surface area contributed by atoms with Crippen LogP contribution in [0.1, 0.15) is 31.2 Å². The van der Waals surface area contributed by atoms with Gasteiger partial charge in [0.1, 0.15) is 5.75 Å². The van der Waals surface area contributed by atoms with Gasteiger partial charge < -0.3 is 15.0 Å². The Kier molecular flexibility index (Phi) is 6.12. The number of methoxy groups -OCH3 is 1. The van der Waals surface area contributed by atoms with Crippen LogP contribution in [-0.4, -0.2) is 38.2 Å². The van der Waals surface area contributed by atoms with Gasteiger partial charge in [-0.25, -0.2) is 0 Å². The highest BCUT2D eigenvalue weighted by atomic mass is 79.9. The van der Waals surface area contributed by atoms with Gasteiger partial charge in [-0.2, -0.15) is 0 Å². The second kappa shape index (κ2) is 7.44. The van der Waals surface area contributed by atoms with Crippen molar-refractivity contribution in [2.45, 2.75) is 37.8 Å². The second-order valence-electron chi connectivity index (χ2n) is 6.02. The first kappa shape index (κ1) is 17.3. The van der Waals surface area contributed by atoms with Crippen molar-refractivity contribution in [2.24, 2.45) is 0 Å². The molecule has 1 aromatic carbocycles. The molecule has 0 spiro atoms. The minimum Gasteiger partial charge on any atom is -0.494 e. The lowest BCUT2D eigenvalue weighted by Gasteiger charge is -2.36. The van der Waals surface area contributed by atoms with Gasteiger partial charge in [-0.05, 0) is 76.5 Å². The van der Waals surface area contributed by atoms with Crippen LogP contribution >= 0.6 is 31.9 Å². The Morgan fingerprint density at radius 1 is 1.19 bits per heavy atom. The van der Waals surface area contributed by atoms with Crippen molar-refractivity contribution < 1.29 is 4.74 Å². The fourth-order valence-electron chi connectivity index (χ4n) is 3.16. The molecule has 1 fully saturated rings. The highest BCUT2D eigenvalue weighted by Gasteiger charge is 2.35. The minimum absolute atomic E-state index is 0.334. The molecule has 0 saturated heterocycles. The average Bonchev–Trinajstić information content (AvgIpc) is 2.88. The summed E-state index contributed by atoms with van der Waals surface area (Å²) in [6.45, 7) is 1.91. The summed E-state index contributed by atoms with van der Waals surface area (Å²) in [5.74, 6) is 0.847. The van der Waals surface area contributed by atoms with Crippen molar-refractivity contribution in [3.05, 3.63) is 26.6 Å². The molecule has 0 amide bonds. The number of nitrogens with zero attached hydrogens (tertiary/aromatic N) is 1. The topological polar surface area (TPSA) is 24.5 Å². The standard InChI is InChI=1S/C16H24Br2N2O/c1-20(2)16(6-4-5-7-16)11-19-10-12-8-13(17)15(21-3)14(18)9-12/h8-9,19H,4-7,10-11H2,1-3H3. The van der Waals surface area contributed by atoms with E-state index in [1.54, 1.807) is 7.11 Å². The molecule has 0 bridgehead atoms. The normalized spacial score (nSPS) is 17.4. The molecule has 5 heteroatoms. The molecule has 1 saturated carbocycles. The van der Waals surface area contributed by atoms with Gasteiger partial charge in [-0.3, -0.25) is 0 Å². The van der Waals surface area contributed by atoms with E-state index >= 15 is 0 Å². The van der Waals surface area contributed by atoms with Crippen LogP contribution in [0.3, 0.4) is 0 Å². The lowest BCUT2D eigenvalue weighted by Crippen LogP contribution is -2.49. The van der Waals surface area contributed by atoms with E-state index in [2.05, 4.69) is 68.3 Å². The Labute approximate surface area is 144 Å². The summed E-state index contributed by atoms with van der Waals surface area (Å²) in [4.78, 5) is 2.40. The van der Waals surface area contributed by atoms with Gasteiger partial charge >= 0.3 is 0 Å². The van der Waals surface area contributed by atoms with Gasteiger partial charge in [0.15, 0.2) is 0 Å². The minimum atomic E-state index is 0.334. The molecule has 2 rings (SSSR count). The Hall–Kier alpha value is -0.100. The fraction of sp³-hybridized carbons (Fsp3) is 0.625. The first-order valence-electron chi connectivity index (χ1n) is 7.38. The maximum absolute atomic E-state index is 5.34. The third-order valence-corrected chi connectivity index (χ3v) is 5.71. The second-order valence-corrected chi connectivity index (χ2v) is 7.73. The summed E-state index contributed by atoms with van der Waals surface area (Å²) >= 11 is 7.12. The van der Waals surface area contributed by atoms with E-state index in [9.17, 15) is 0 Å². The van der Waals surface area contributed by atoms with Crippen molar-refractivity contribution in [3.63, 3.8) is 0 Å². The zero-order valence-electron chi connectivity index (χ0n) is 13.0. The van der Waals surface area contributed by atoms with Crippen molar-refractivity contribution >= 4 is 31.9 Å². The average molecular weight is 420 g/mol. The van der Waals surface area contributed by atoms with Crippen LogP contribution in [0.5, 0.6) is 5.75 Å². The van der Waals surface area contributed by atoms with E-state index in [0.717, 1.165) is 27.8 Å². The van der Waals surface area contributed by atoms with E-state index in [0.29, 0.717) is 5.54 Å². The molecule has 0 radical (unpaired) electrons. The Morgan fingerprint density at radius 2 is 1.76 bits per heavy atom. The largest absolute Gasteiger partial charge is 0.494 e. The summed E-state index contributed by atoms with van der Waals surface area (Å²) in [5.41, 5.74) is 1.59. The number of halogens is 2. The molecule has 1 aliphatic carbocycles. The molecule has 0 aromatic heterocycles. The molecule has 21 heavy (non-hydrogen) atoms. The summed E-state index contributed by atoms with van der Waals surface area (Å²) in [6.07, 6.45) is 5.28. The molecular weight excluding hydrogens is 396 g/mol. The van der Waals surface area contributed by atoms with E-state index in [1.807, 2.05) is 0 Å². The predicted molar refractivity (Wildman–Crippen MR) is 95.0 cm³/mol. The highest BCUT2D eigenvalue weighted by molar-refractivity contribution is 9.11. The number of benzene rings is 1. The zero-order valence-corrected chi connectivity index (χ0v) is 16.2. The SMILES string of the molecule is COc1c(Br)cc(CNCC2(N(C)C)CCCC2)cc1Br. The molecular formula is C16H24Br2N2O. The zero-order chi connectivity index (χ0) is 15.5. The third-order valence-electron chi connectivity index (χ3n) is 4.53. The van der Waals surface area contributed by atoms with Gasteiger partial charge in [-0.1, -0.05) is 12.8 Å². The molecule has 1 N–H and O–H groups in total. The van der Waals surface area contributed by atoms with Gasteiger partial charge in [0.25, 0.3) is 0 Å². The maximum Gasteiger partial charge on any atom is 0.147 e. The van der Waals surface area contributed by atoms with Crippen LogP contribution in [-0.2, 0) is 6.54 Å². The van der Waals surface area contributed by atoms with Crippen LogP contribution in [0.2, 0.25) is 0 Å². The molecule has 0 unspecified atom stereocenters. The summed E-state index contributed by atoms with van der Waals surface area (Å²) in [7, 11) is 6.09. The smallest absolute Gasteiger partial charge is 0.147 e. The van der Waals surface area contributed by atoms with Crippen LogP contribution in [0.25, 0.3) is 0 Å². The van der Waals surface area contributed by atoms with E-state index in [-0.39, 0.29) is 0 Å². The van der Waals surface area contributed by atoms with Gasteiger partial charge in [0.2, 0.25) is 0 Å². The number of ether oxygens (including phenoxy) is 1. The Morgan fingerprint density at radius 3 is 2.24 bits per heavy atom. The Balaban J connectivity index is 1.97. The Bertz CT molecular complexity index is 462. The summed E-state index contributed by atoms with van der Waals surface area (Å²) in [6, 6.07) is 4.24. The van der Waals surface area contributed by atoms with E-state index in [4.69, 9.17) is 4.74 Å². The highest BCUT2D eigenvalue weighted by Crippen LogP contribution is 2.35. The number of rotatable bonds is 6. The van der Waals surface area contributed by atoms with Crippen LogP contribution < -0.4 is 10.1 Å². The number of nitrogens with one attached hydrogen (secondary N) is 1. The number of hydrogen-bond acceptors (Lipinski definition) is 3. The maximum atomic E-state index is 5.34. The van der Waals surface area contributed by atoms with Gasteiger partial charge in [0.05, 0.1) is 16.1 Å². The van der Waals surface area contributed by atoms with Crippen molar-refractivity contribution in [3.8, 4) is 5.75 Å². The first-order chi connectivity index (χ1) is 9.98. The predicted octanol–water partition coefficient (Wildman–Crippen LogP) is 4.18. The molecule has 0 aliphatic heterocycles. The monoisotopic (exact) mass is 418 g/mol. The van der Waals surface area contributed by atoms with Crippen LogP contribution in [0, 0.1) is 0 Å². The van der Waals surface area contributed by atoms with Crippen LogP contribution in [0.4, 0.5) is 0 Å². The number of hydrogen-bond donors (Lipinski definition) is 1. The van der Waals surface area contributed by atoms with Crippen LogP contribution in [0.15, 0.2) is 21.1 Å². The lowest BCUT2D eigenvalue weighted by molar-refractivity contribution is 0.153. The van der Waals surface area contributed by atoms with E-state index in [1.165, 1.54) is 31.2 Å². The quantitative estimate of drug-likeness (QED) is 0.748. The first-order valence-corrected chi connectivity index (χ1v) is 8.97. The lowest BCUT2D eigenvalue weighted by atomic mass is 9.96. The molecule has 1 aromatic rings. The molecule has 0 atom stereocenters. The fourth-order valence-corrected chi connectivity index (χ4v) is 4.77. The summed E-state index contributed by atoms with van der Waals surface area (Å²) < 4.78 is 7.31. The van der Waals surface area contributed by atoms with Crippen molar-refractivity contribution in [2.75, 3.05) is 27.7 Å². The molecule has 3 nitrogen and oxygen atoms in total. The van der Waals surface area contributed by atoms with E-state index < -0.39 is 0 Å². The number of likely N-dealkylation sites (N-methyl/N-ethyl adjacent to an activating group) is 1. The third kappa shape index (κ3) is 4.01. The van der Waals surface area contributed by atoms with Gasteiger partial charge in [-0.15, -0.1) is 0 Å².